The minimum atomic E-state index is -1.25. The van der Waals surface area contributed by atoms with Gasteiger partial charge in [0.25, 0.3) is 5.91 Å². The van der Waals surface area contributed by atoms with Crippen LogP contribution in [0.25, 0.3) is 0 Å². The number of amides is 3. The van der Waals surface area contributed by atoms with E-state index in [2.05, 4.69) is 21.2 Å². The first-order valence-electron chi connectivity index (χ1n) is 5.60. The van der Waals surface area contributed by atoms with Crippen molar-refractivity contribution in [3.63, 3.8) is 0 Å². The fourth-order valence-corrected chi connectivity index (χ4v) is 1.82. The molecule has 0 bridgehead atoms. The Balaban J connectivity index is 2.55. The molecule has 0 atom stereocenters. The Bertz CT molecular complexity index is 557. The van der Waals surface area contributed by atoms with Crippen molar-refractivity contribution < 1.29 is 19.5 Å². The van der Waals surface area contributed by atoms with Crippen molar-refractivity contribution in [1.29, 1.82) is 0 Å². The van der Waals surface area contributed by atoms with Crippen molar-refractivity contribution in [2.24, 2.45) is 0 Å². The summed E-state index contributed by atoms with van der Waals surface area (Å²) >= 11 is 3.33. The van der Waals surface area contributed by atoms with E-state index in [-0.39, 0.29) is 0 Å². The first-order chi connectivity index (χ1) is 9.38. The number of aliphatic carboxylic acids is 1. The lowest BCUT2D eigenvalue weighted by Crippen LogP contribution is -2.39. The summed E-state index contributed by atoms with van der Waals surface area (Å²) in [4.78, 5) is 34.5. The zero-order valence-electron chi connectivity index (χ0n) is 10.7. The normalized spacial score (nSPS) is 10.3. The molecule has 7 heteroatoms. The van der Waals surface area contributed by atoms with E-state index < -0.39 is 17.9 Å². The Hall–Kier alpha value is -2.15. The topological polar surface area (TPSA) is 86.7 Å². The summed E-state index contributed by atoms with van der Waals surface area (Å²) in [5.74, 6) is -2.03. The van der Waals surface area contributed by atoms with Crippen LogP contribution < -0.4 is 5.32 Å². The summed E-state index contributed by atoms with van der Waals surface area (Å²) in [6, 6.07) is 6.80. The summed E-state index contributed by atoms with van der Waals surface area (Å²) < 4.78 is 0.893. The molecule has 0 unspecified atom stereocenters. The van der Waals surface area contributed by atoms with Crippen LogP contribution in [0.15, 0.2) is 40.9 Å². The van der Waals surface area contributed by atoms with Crippen LogP contribution in [-0.4, -0.2) is 35.0 Å². The van der Waals surface area contributed by atoms with Crippen molar-refractivity contribution in [2.75, 3.05) is 7.05 Å². The van der Waals surface area contributed by atoms with Crippen molar-refractivity contribution >= 4 is 33.8 Å². The molecule has 0 radical (unpaired) electrons. The fraction of sp³-hybridized carbons (Fsp3) is 0.154. The molecule has 0 fully saturated rings. The fourth-order valence-electron chi connectivity index (χ4n) is 1.37. The van der Waals surface area contributed by atoms with Gasteiger partial charge in [0.15, 0.2) is 0 Å². The SMILES string of the molecule is CN(Cc1cccc(Br)c1)C(=O)NC(=O)C=CC(=O)O. The Kier molecular flexibility index (Phi) is 5.92. The van der Waals surface area contributed by atoms with Crippen molar-refractivity contribution in [1.82, 2.24) is 10.2 Å². The maximum Gasteiger partial charge on any atom is 0.328 e. The van der Waals surface area contributed by atoms with Crippen LogP contribution in [0.5, 0.6) is 0 Å². The first kappa shape index (κ1) is 15.9. The molecule has 3 amide bonds. The van der Waals surface area contributed by atoms with Crippen LogP contribution in [0.1, 0.15) is 5.56 Å². The van der Waals surface area contributed by atoms with Gasteiger partial charge in [-0.2, -0.15) is 0 Å². The van der Waals surface area contributed by atoms with E-state index in [1.807, 2.05) is 24.3 Å². The second-order valence-electron chi connectivity index (χ2n) is 3.95. The Morgan fingerprint density at radius 3 is 2.65 bits per heavy atom. The summed E-state index contributed by atoms with van der Waals surface area (Å²) in [5, 5.41) is 10.4. The highest BCUT2D eigenvalue weighted by Crippen LogP contribution is 2.12. The van der Waals surface area contributed by atoms with Crippen LogP contribution in [0, 0.1) is 0 Å². The molecule has 20 heavy (non-hydrogen) atoms. The van der Waals surface area contributed by atoms with Gasteiger partial charge >= 0.3 is 12.0 Å². The molecule has 0 aliphatic rings. The number of carboxylic acids is 1. The van der Waals surface area contributed by atoms with Gasteiger partial charge < -0.3 is 10.0 Å². The number of hydrogen-bond donors (Lipinski definition) is 2. The minimum Gasteiger partial charge on any atom is -0.478 e. The average molecular weight is 341 g/mol. The number of urea groups is 1. The molecule has 6 nitrogen and oxygen atoms in total. The van der Waals surface area contributed by atoms with Crippen LogP contribution in [0.2, 0.25) is 0 Å². The zero-order chi connectivity index (χ0) is 15.1. The van der Waals surface area contributed by atoms with Gasteiger partial charge in [-0.15, -0.1) is 0 Å². The monoisotopic (exact) mass is 340 g/mol. The maximum absolute atomic E-state index is 11.7. The highest BCUT2D eigenvalue weighted by molar-refractivity contribution is 9.10. The van der Waals surface area contributed by atoms with Crippen molar-refractivity contribution in [2.45, 2.75) is 6.54 Å². The molecule has 0 heterocycles. The van der Waals surface area contributed by atoms with Gasteiger partial charge in [-0.25, -0.2) is 9.59 Å². The van der Waals surface area contributed by atoms with E-state index in [1.54, 1.807) is 0 Å². The summed E-state index contributed by atoms with van der Waals surface area (Å²) in [5.41, 5.74) is 0.894. The third-order valence-corrected chi connectivity index (χ3v) is 2.76. The third kappa shape index (κ3) is 5.66. The van der Waals surface area contributed by atoms with E-state index in [0.29, 0.717) is 12.6 Å². The zero-order valence-corrected chi connectivity index (χ0v) is 12.3. The maximum atomic E-state index is 11.7. The molecule has 0 saturated heterocycles. The standard InChI is InChI=1S/C13H13BrN2O4/c1-16(8-9-3-2-4-10(14)7-9)13(20)15-11(17)5-6-12(18)19/h2-7H,8H2,1H3,(H,18,19)(H,15,17,20). The van der Waals surface area contributed by atoms with Gasteiger partial charge in [0.2, 0.25) is 0 Å². The quantitative estimate of drug-likeness (QED) is 0.817. The first-order valence-corrected chi connectivity index (χ1v) is 6.39. The van der Waals surface area contributed by atoms with Gasteiger partial charge in [-0.05, 0) is 17.7 Å². The molecule has 0 saturated carbocycles. The Labute approximate surface area is 124 Å². The number of carbonyl (C=O) groups is 3. The number of nitrogens with zero attached hydrogens (tertiary/aromatic N) is 1. The number of nitrogens with one attached hydrogen (secondary N) is 1. The lowest BCUT2D eigenvalue weighted by Gasteiger charge is -2.17. The number of halogens is 1. The molecule has 106 valence electrons. The van der Waals surface area contributed by atoms with Gasteiger partial charge in [-0.1, -0.05) is 28.1 Å². The van der Waals surface area contributed by atoms with E-state index in [4.69, 9.17) is 5.11 Å². The van der Waals surface area contributed by atoms with Crippen LogP contribution in [0.3, 0.4) is 0 Å². The van der Waals surface area contributed by atoms with Crippen molar-refractivity contribution in [3.05, 3.63) is 46.5 Å². The summed E-state index contributed by atoms with van der Waals surface area (Å²) in [6.07, 6.45) is 1.45. The molecule has 0 aliphatic carbocycles. The van der Waals surface area contributed by atoms with Crippen LogP contribution in [0.4, 0.5) is 4.79 Å². The lowest BCUT2D eigenvalue weighted by atomic mass is 10.2. The van der Waals surface area contributed by atoms with E-state index in [9.17, 15) is 14.4 Å². The molecule has 0 aliphatic heterocycles. The van der Waals surface area contributed by atoms with E-state index in [1.165, 1.54) is 11.9 Å². The lowest BCUT2D eigenvalue weighted by molar-refractivity contribution is -0.131. The van der Waals surface area contributed by atoms with Crippen LogP contribution in [-0.2, 0) is 16.1 Å². The highest BCUT2D eigenvalue weighted by atomic mass is 79.9. The molecule has 1 aromatic rings. The smallest absolute Gasteiger partial charge is 0.328 e. The number of carboxylic acid groups (broad SMARTS) is 1. The number of rotatable bonds is 4. The van der Waals surface area contributed by atoms with Gasteiger partial charge in [0.1, 0.15) is 0 Å². The Morgan fingerprint density at radius 1 is 1.35 bits per heavy atom. The largest absolute Gasteiger partial charge is 0.478 e. The predicted octanol–water partition coefficient (Wildman–Crippen LogP) is 1.76. The van der Waals surface area contributed by atoms with E-state index in [0.717, 1.165) is 16.1 Å². The number of hydrogen-bond acceptors (Lipinski definition) is 3. The average Bonchev–Trinajstić information content (AvgIpc) is 2.36. The van der Waals surface area contributed by atoms with Crippen LogP contribution >= 0.6 is 15.9 Å². The second-order valence-corrected chi connectivity index (χ2v) is 4.87. The van der Waals surface area contributed by atoms with Gasteiger partial charge in [-0.3, -0.25) is 10.1 Å². The molecular weight excluding hydrogens is 328 g/mol. The summed E-state index contributed by atoms with van der Waals surface area (Å²) in [7, 11) is 1.53. The van der Waals surface area contributed by atoms with Gasteiger partial charge in [0.05, 0.1) is 0 Å². The number of carbonyl (C=O) groups excluding carboxylic acids is 2. The number of imide groups is 1. The molecule has 0 aromatic heterocycles. The number of benzene rings is 1. The van der Waals surface area contributed by atoms with Gasteiger partial charge in [0, 0.05) is 30.2 Å². The summed E-state index contributed by atoms with van der Waals surface area (Å²) in [6.45, 7) is 0.321. The minimum absolute atomic E-state index is 0.321. The second kappa shape index (κ2) is 7.44. The molecule has 2 N–H and O–H groups in total. The molecule has 0 spiro atoms. The molecular formula is C13H13BrN2O4. The highest BCUT2D eigenvalue weighted by Gasteiger charge is 2.11. The third-order valence-electron chi connectivity index (χ3n) is 2.26. The Morgan fingerprint density at radius 2 is 2.05 bits per heavy atom. The van der Waals surface area contributed by atoms with E-state index >= 15 is 0 Å². The predicted molar refractivity (Wildman–Crippen MR) is 75.9 cm³/mol. The van der Waals surface area contributed by atoms with Crippen molar-refractivity contribution in [3.8, 4) is 0 Å². The molecule has 1 rings (SSSR count). The molecule has 1 aromatic carbocycles.